The Balaban J connectivity index is 1.58. The van der Waals surface area contributed by atoms with Crippen LogP contribution in [0.1, 0.15) is 43.5 Å². The lowest BCUT2D eigenvalue weighted by molar-refractivity contribution is -0.0169. The lowest BCUT2D eigenvalue weighted by Crippen LogP contribution is -2.66. The van der Waals surface area contributed by atoms with E-state index in [9.17, 15) is 9.90 Å². The molecule has 1 aromatic carbocycles. The number of hydrogen-bond acceptors (Lipinski definition) is 4. The Morgan fingerprint density at radius 1 is 1.21 bits per heavy atom. The number of aromatic nitrogens is 1. The van der Waals surface area contributed by atoms with E-state index in [1.54, 1.807) is 24.9 Å². The number of urea groups is 1. The topological polar surface area (TPSA) is 68.7 Å². The summed E-state index contributed by atoms with van der Waals surface area (Å²) < 4.78 is 0. The number of carbonyl (C=O) groups excluding carboxylic acids is 1. The normalized spacial score (nSPS) is 26.7. The van der Waals surface area contributed by atoms with Gasteiger partial charge in [0.25, 0.3) is 0 Å². The number of nitrogens with one attached hydrogen (secondary N) is 1. The minimum Gasteiger partial charge on any atom is -0.384 e. The molecule has 0 bridgehead atoms. The summed E-state index contributed by atoms with van der Waals surface area (Å²) in [5.41, 5.74) is 2.32. The molecular weight excluding hydrogens is 364 g/mol. The highest BCUT2D eigenvalue weighted by atomic mass is 16.3. The number of aliphatic hydroxyl groups is 1. The summed E-state index contributed by atoms with van der Waals surface area (Å²) in [7, 11) is 4.22. The van der Waals surface area contributed by atoms with Gasteiger partial charge in [0.1, 0.15) is 5.60 Å². The van der Waals surface area contributed by atoms with Crippen LogP contribution in [0.15, 0.2) is 42.6 Å². The third kappa shape index (κ3) is 3.20. The van der Waals surface area contributed by atoms with E-state index in [0.29, 0.717) is 12.2 Å². The van der Waals surface area contributed by atoms with Crippen LogP contribution < -0.4 is 10.2 Å². The van der Waals surface area contributed by atoms with Gasteiger partial charge in [-0.05, 0) is 64.9 Å². The predicted molar refractivity (Wildman–Crippen MR) is 114 cm³/mol. The minimum atomic E-state index is -1.01. The average Bonchev–Trinajstić information content (AvgIpc) is 2.97. The van der Waals surface area contributed by atoms with Crippen LogP contribution in [0.4, 0.5) is 10.5 Å². The first-order chi connectivity index (χ1) is 13.6. The lowest BCUT2D eigenvalue weighted by Gasteiger charge is -2.57. The van der Waals surface area contributed by atoms with Gasteiger partial charge in [0, 0.05) is 0 Å². The van der Waals surface area contributed by atoms with Crippen molar-refractivity contribution in [2.45, 2.75) is 50.3 Å². The molecule has 2 amide bonds. The van der Waals surface area contributed by atoms with Gasteiger partial charge in [0.15, 0.2) is 0 Å². The van der Waals surface area contributed by atoms with Gasteiger partial charge in [-0.1, -0.05) is 30.3 Å². The van der Waals surface area contributed by atoms with Crippen molar-refractivity contribution in [2.75, 3.05) is 25.5 Å². The molecule has 1 aliphatic carbocycles. The quantitative estimate of drug-likeness (QED) is 0.836. The highest BCUT2D eigenvalue weighted by molar-refractivity contribution is 5.96. The number of anilines is 1. The third-order valence-electron chi connectivity index (χ3n) is 6.51. The number of carbonyl (C=O) groups is 1. The van der Waals surface area contributed by atoms with Crippen LogP contribution in [0.25, 0.3) is 0 Å². The van der Waals surface area contributed by atoms with Crippen LogP contribution in [0, 0.1) is 6.92 Å². The Bertz CT molecular complexity index is 928. The molecule has 29 heavy (non-hydrogen) atoms. The summed E-state index contributed by atoms with van der Waals surface area (Å²) in [4.78, 5) is 21.3. The number of pyridine rings is 1. The van der Waals surface area contributed by atoms with Crippen molar-refractivity contribution >= 4 is 11.7 Å². The maximum atomic E-state index is 12.9. The second-order valence-corrected chi connectivity index (χ2v) is 9.36. The third-order valence-corrected chi connectivity index (χ3v) is 6.51. The minimum absolute atomic E-state index is 0.0669. The number of amides is 2. The summed E-state index contributed by atoms with van der Waals surface area (Å²) in [6.45, 7) is 6.01. The van der Waals surface area contributed by atoms with Crippen molar-refractivity contribution in [1.29, 1.82) is 0 Å². The van der Waals surface area contributed by atoms with Gasteiger partial charge < -0.3 is 10.4 Å². The molecule has 1 saturated heterocycles. The summed E-state index contributed by atoms with van der Waals surface area (Å²) in [6.07, 6.45) is 3.44. The van der Waals surface area contributed by atoms with Crippen molar-refractivity contribution in [3.63, 3.8) is 0 Å². The van der Waals surface area contributed by atoms with Crippen LogP contribution in [0.2, 0.25) is 0 Å². The molecule has 154 valence electrons. The van der Waals surface area contributed by atoms with E-state index in [4.69, 9.17) is 0 Å². The second-order valence-electron chi connectivity index (χ2n) is 9.36. The van der Waals surface area contributed by atoms with Gasteiger partial charge in [0.2, 0.25) is 0 Å². The van der Waals surface area contributed by atoms with Crippen molar-refractivity contribution in [3.8, 4) is 0 Å². The van der Waals surface area contributed by atoms with Gasteiger partial charge >= 0.3 is 6.03 Å². The van der Waals surface area contributed by atoms with Gasteiger partial charge in [0.05, 0.1) is 35.2 Å². The van der Waals surface area contributed by atoms with Crippen LogP contribution in [0.3, 0.4) is 0 Å². The molecule has 2 N–H and O–H groups in total. The molecular formula is C23H30N4O2. The lowest BCUT2D eigenvalue weighted by atomic mass is 9.59. The number of nitrogens with zero attached hydrogens (tertiary/aromatic N) is 3. The van der Waals surface area contributed by atoms with E-state index in [1.165, 1.54) is 5.56 Å². The van der Waals surface area contributed by atoms with Crippen molar-refractivity contribution in [3.05, 3.63) is 59.4 Å². The van der Waals surface area contributed by atoms with Crippen LogP contribution in [0.5, 0.6) is 0 Å². The smallest absolute Gasteiger partial charge is 0.322 e. The Morgan fingerprint density at radius 2 is 1.86 bits per heavy atom. The first kappa shape index (κ1) is 19.9. The zero-order chi connectivity index (χ0) is 21.0. The maximum Gasteiger partial charge on any atom is 0.322 e. The number of rotatable bonds is 4. The van der Waals surface area contributed by atoms with Crippen molar-refractivity contribution in [1.82, 2.24) is 15.2 Å². The Hall–Kier alpha value is -2.44. The molecule has 2 fully saturated rings. The molecule has 1 aliphatic heterocycles. The summed E-state index contributed by atoms with van der Waals surface area (Å²) in [5.74, 6) is 0. The Morgan fingerprint density at radius 3 is 2.41 bits per heavy atom. The van der Waals surface area contributed by atoms with E-state index < -0.39 is 5.60 Å². The molecule has 2 heterocycles. The zero-order valence-corrected chi connectivity index (χ0v) is 17.9. The molecule has 6 heteroatoms. The maximum absolute atomic E-state index is 12.9. The molecule has 1 saturated carbocycles. The first-order valence-corrected chi connectivity index (χ1v) is 10.1. The van der Waals surface area contributed by atoms with Gasteiger partial charge in [-0.2, -0.15) is 0 Å². The highest BCUT2D eigenvalue weighted by Crippen LogP contribution is 2.53. The molecule has 2 aromatic rings. The van der Waals surface area contributed by atoms with E-state index in [2.05, 4.69) is 53.6 Å². The Kier molecular flexibility index (Phi) is 4.48. The van der Waals surface area contributed by atoms with E-state index in [-0.39, 0.29) is 17.1 Å². The number of aryl methyl sites for hydroxylation is 1. The molecule has 0 radical (unpaired) electrons. The van der Waals surface area contributed by atoms with Crippen molar-refractivity contribution in [2.24, 2.45) is 0 Å². The van der Waals surface area contributed by atoms with Crippen LogP contribution >= 0.6 is 0 Å². The highest BCUT2D eigenvalue weighted by Gasteiger charge is 2.61. The standard InChI is InChI=1S/C23H30N4O2/c1-16-11-19(21(2,3)29)24-12-18(16)27-15-22(25-20(27)28)13-23(14-22,26(4)5)17-9-7-6-8-10-17/h6-12,29H,13-15H2,1-5H3,(H,25,28). The molecule has 0 unspecified atom stereocenters. The summed E-state index contributed by atoms with van der Waals surface area (Å²) in [5, 5.41) is 13.5. The fourth-order valence-corrected chi connectivity index (χ4v) is 4.86. The largest absolute Gasteiger partial charge is 0.384 e. The van der Waals surface area contributed by atoms with Crippen molar-refractivity contribution < 1.29 is 9.90 Å². The molecule has 2 aliphatic rings. The second kappa shape index (κ2) is 6.54. The Labute approximate surface area is 172 Å². The number of benzene rings is 1. The molecule has 4 rings (SSSR count). The summed E-state index contributed by atoms with van der Waals surface area (Å²) in [6, 6.07) is 12.3. The van der Waals surface area contributed by atoms with E-state index in [0.717, 1.165) is 24.1 Å². The van der Waals surface area contributed by atoms with E-state index in [1.807, 2.05) is 19.1 Å². The van der Waals surface area contributed by atoms with Gasteiger partial charge in [-0.15, -0.1) is 0 Å². The van der Waals surface area contributed by atoms with Crippen LogP contribution in [-0.2, 0) is 11.1 Å². The molecule has 6 nitrogen and oxygen atoms in total. The van der Waals surface area contributed by atoms with Crippen LogP contribution in [-0.4, -0.2) is 47.2 Å². The SMILES string of the molecule is Cc1cc(C(C)(C)O)ncc1N1CC2(CC(c3ccccc3)(N(C)C)C2)NC1=O. The molecule has 0 atom stereocenters. The fourth-order valence-electron chi connectivity index (χ4n) is 4.86. The molecule has 1 spiro atoms. The number of hydrogen-bond donors (Lipinski definition) is 2. The van der Waals surface area contributed by atoms with E-state index >= 15 is 0 Å². The average molecular weight is 395 g/mol. The molecule has 1 aromatic heterocycles. The zero-order valence-electron chi connectivity index (χ0n) is 17.9. The summed E-state index contributed by atoms with van der Waals surface area (Å²) >= 11 is 0. The first-order valence-electron chi connectivity index (χ1n) is 10.1. The monoisotopic (exact) mass is 394 g/mol. The fraction of sp³-hybridized carbons (Fsp3) is 0.478. The van der Waals surface area contributed by atoms with Gasteiger partial charge in [-0.3, -0.25) is 14.8 Å². The predicted octanol–water partition coefficient (Wildman–Crippen LogP) is 3.14. The van der Waals surface area contributed by atoms with Gasteiger partial charge in [-0.25, -0.2) is 4.79 Å².